The highest BCUT2D eigenvalue weighted by atomic mass is 32.1. The van der Waals surface area contributed by atoms with Crippen LogP contribution in [0.25, 0.3) is 0 Å². The minimum Gasteiger partial charge on any atom is -0.366 e. The van der Waals surface area contributed by atoms with Gasteiger partial charge in [0.15, 0.2) is 5.69 Å². The molecule has 0 unspecified atom stereocenters. The molecule has 0 aliphatic heterocycles. The van der Waals surface area contributed by atoms with Gasteiger partial charge in [0.2, 0.25) is 0 Å². The molecule has 0 aliphatic rings. The Morgan fingerprint density at radius 2 is 2.05 bits per heavy atom. The number of aromatic nitrogens is 1. The van der Waals surface area contributed by atoms with Gasteiger partial charge in [-0.05, 0) is 13.0 Å². The molecule has 3 N–H and O–H groups in total. The number of hydrogen-bond donors (Lipinski definition) is 2. The molecule has 2 heterocycles. The van der Waals surface area contributed by atoms with E-state index >= 15 is 0 Å². The van der Waals surface area contributed by atoms with E-state index in [1.54, 1.807) is 6.92 Å². The van der Waals surface area contributed by atoms with Crippen LogP contribution in [0.15, 0.2) is 11.6 Å². The summed E-state index contributed by atoms with van der Waals surface area (Å²) in [6.45, 7) is 1.68. The molecule has 112 valence electrons. The van der Waals surface area contributed by atoms with Gasteiger partial charge in [-0.1, -0.05) is 0 Å². The number of anilines is 1. The summed E-state index contributed by atoms with van der Waals surface area (Å²) in [6, 6.07) is 1.46. The number of aryl methyl sites for hydroxylation is 1. The van der Waals surface area contributed by atoms with Gasteiger partial charge in [-0.25, -0.2) is 4.98 Å². The molecule has 10 heteroatoms. The number of nitrogens with one attached hydrogen (secondary N) is 1. The van der Waals surface area contributed by atoms with E-state index in [2.05, 4.69) is 10.3 Å². The van der Waals surface area contributed by atoms with Crippen LogP contribution in [-0.2, 0) is 6.18 Å². The van der Waals surface area contributed by atoms with Crippen molar-refractivity contribution in [1.82, 2.24) is 4.98 Å². The minimum atomic E-state index is -4.72. The molecule has 0 atom stereocenters. The summed E-state index contributed by atoms with van der Waals surface area (Å²) in [5, 5.41) is 2.39. The van der Waals surface area contributed by atoms with E-state index in [4.69, 9.17) is 5.73 Å². The van der Waals surface area contributed by atoms with Gasteiger partial charge < -0.3 is 11.1 Å². The lowest BCUT2D eigenvalue weighted by Gasteiger charge is -2.07. The van der Waals surface area contributed by atoms with Crippen molar-refractivity contribution in [2.75, 3.05) is 5.32 Å². The Morgan fingerprint density at radius 3 is 2.62 bits per heavy atom. The maximum Gasteiger partial charge on any atom is 0.434 e. The van der Waals surface area contributed by atoms with Gasteiger partial charge in [0, 0.05) is 4.88 Å². The maximum absolute atomic E-state index is 12.7. The Morgan fingerprint density at radius 1 is 1.38 bits per heavy atom. The first-order chi connectivity index (χ1) is 9.70. The lowest BCUT2D eigenvalue weighted by molar-refractivity contribution is -0.141. The van der Waals surface area contributed by atoms with Crippen LogP contribution in [0.2, 0.25) is 0 Å². The van der Waals surface area contributed by atoms with Crippen molar-refractivity contribution in [3.63, 3.8) is 0 Å². The van der Waals surface area contributed by atoms with Crippen molar-refractivity contribution in [1.29, 1.82) is 0 Å². The Balaban J connectivity index is 2.32. The van der Waals surface area contributed by atoms with E-state index in [1.165, 1.54) is 6.07 Å². The molecule has 0 saturated carbocycles. The predicted octanol–water partition coefficient (Wildman–Crippen LogP) is 2.88. The number of carbonyl (C=O) groups is 2. The fourth-order valence-electron chi connectivity index (χ4n) is 1.56. The van der Waals surface area contributed by atoms with E-state index in [0.29, 0.717) is 16.2 Å². The summed E-state index contributed by atoms with van der Waals surface area (Å²) in [4.78, 5) is 26.4. The van der Waals surface area contributed by atoms with Crippen LogP contribution in [0.1, 0.15) is 30.6 Å². The number of hydrogen-bond acceptors (Lipinski definition) is 5. The normalized spacial score (nSPS) is 11.4. The van der Waals surface area contributed by atoms with Gasteiger partial charge in [-0.2, -0.15) is 13.2 Å². The molecule has 21 heavy (non-hydrogen) atoms. The van der Waals surface area contributed by atoms with Crippen molar-refractivity contribution in [2.45, 2.75) is 13.1 Å². The van der Waals surface area contributed by atoms with Crippen molar-refractivity contribution >= 4 is 39.5 Å². The zero-order valence-corrected chi connectivity index (χ0v) is 12.1. The Bertz CT molecular complexity index is 706. The molecule has 0 radical (unpaired) electrons. The lowest BCUT2D eigenvalue weighted by atomic mass is 10.2. The SMILES string of the molecule is Cc1cc(C(N)=O)c(NC(=O)c2scnc2C(F)(F)F)s1. The number of rotatable bonds is 3. The fourth-order valence-corrected chi connectivity index (χ4v) is 3.17. The highest BCUT2D eigenvalue weighted by Crippen LogP contribution is 2.34. The van der Waals surface area contributed by atoms with E-state index in [9.17, 15) is 22.8 Å². The Hall–Kier alpha value is -1.94. The van der Waals surface area contributed by atoms with Crippen LogP contribution in [0.4, 0.5) is 18.2 Å². The highest BCUT2D eigenvalue weighted by molar-refractivity contribution is 7.17. The number of alkyl halides is 3. The highest BCUT2D eigenvalue weighted by Gasteiger charge is 2.38. The van der Waals surface area contributed by atoms with Crippen LogP contribution in [-0.4, -0.2) is 16.8 Å². The number of amides is 2. The van der Waals surface area contributed by atoms with E-state index in [0.717, 1.165) is 16.8 Å². The van der Waals surface area contributed by atoms with E-state index in [1.807, 2.05) is 0 Å². The molecule has 2 aromatic rings. The topological polar surface area (TPSA) is 85.1 Å². The Labute approximate surface area is 124 Å². The number of primary amides is 1. The smallest absolute Gasteiger partial charge is 0.366 e. The molecule has 0 bridgehead atoms. The summed E-state index contributed by atoms with van der Waals surface area (Å²) >= 11 is 1.62. The van der Waals surface area contributed by atoms with Crippen molar-refractivity contribution in [2.24, 2.45) is 5.73 Å². The molecule has 0 fully saturated rings. The van der Waals surface area contributed by atoms with Crippen molar-refractivity contribution < 1.29 is 22.8 Å². The zero-order chi connectivity index (χ0) is 15.8. The van der Waals surface area contributed by atoms with Crippen LogP contribution in [0.3, 0.4) is 0 Å². The first kappa shape index (κ1) is 15.4. The van der Waals surface area contributed by atoms with Crippen molar-refractivity contribution in [3.05, 3.63) is 32.6 Å². The number of thiazole rings is 1. The summed E-state index contributed by atoms with van der Waals surface area (Å²) in [5.41, 5.74) is 4.89. The van der Waals surface area contributed by atoms with Crippen LogP contribution >= 0.6 is 22.7 Å². The van der Waals surface area contributed by atoms with Gasteiger partial charge in [-0.3, -0.25) is 9.59 Å². The monoisotopic (exact) mass is 335 g/mol. The number of carbonyl (C=O) groups excluding carboxylic acids is 2. The van der Waals surface area contributed by atoms with Crippen LogP contribution in [0, 0.1) is 6.92 Å². The first-order valence-corrected chi connectivity index (χ1v) is 7.12. The molecule has 0 saturated heterocycles. The van der Waals surface area contributed by atoms with Crippen LogP contribution in [0.5, 0.6) is 0 Å². The molecule has 0 spiro atoms. The van der Waals surface area contributed by atoms with E-state index < -0.39 is 28.6 Å². The molecule has 5 nitrogen and oxygen atoms in total. The van der Waals surface area contributed by atoms with Gasteiger partial charge >= 0.3 is 6.18 Å². The van der Waals surface area contributed by atoms with Gasteiger partial charge in [0.25, 0.3) is 11.8 Å². The molecule has 2 rings (SSSR count). The largest absolute Gasteiger partial charge is 0.434 e. The molecular formula is C11H8F3N3O2S2. The number of halogens is 3. The third-order valence-corrected chi connectivity index (χ3v) is 4.18. The second kappa shape index (κ2) is 5.45. The number of nitrogens with two attached hydrogens (primary N) is 1. The summed E-state index contributed by atoms with van der Waals surface area (Å²) in [5.74, 6) is -1.75. The molecule has 0 aromatic carbocycles. The molecular weight excluding hydrogens is 327 g/mol. The average Bonchev–Trinajstić information content (AvgIpc) is 2.94. The summed E-state index contributed by atoms with van der Waals surface area (Å²) in [7, 11) is 0. The second-order valence-corrected chi connectivity index (χ2v) is 6.06. The number of nitrogens with zero attached hydrogens (tertiary/aromatic N) is 1. The molecule has 2 aromatic heterocycles. The zero-order valence-electron chi connectivity index (χ0n) is 10.4. The minimum absolute atomic E-state index is 0.0592. The predicted molar refractivity (Wildman–Crippen MR) is 72.6 cm³/mol. The van der Waals surface area contributed by atoms with Crippen LogP contribution < -0.4 is 11.1 Å². The lowest BCUT2D eigenvalue weighted by Crippen LogP contribution is -2.19. The summed E-state index contributed by atoms with van der Waals surface area (Å²) in [6.07, 6.45) is -4.72. The summed E-state index contributed by atoms with van der Waals surface area (Å²) < 4.78 is 38.1. The maximum atomic E-state index is 12.7. The first-order valence-electron chi connectivity index (χ1n) is 5.42. The third-order valence-electron chi connectivity index (χ3n) is 2.39. The van der Waals surface area contributed by atoms with Gasteiger partial charge in [0.05, 0.1) is 11.1 Å². The van der Waals surface area contributed by atoms with Gasteiger partial charge in [-0.15, -0.1) is 22.7 Å². The second-order valence-electron chi connectivity index (χ2n) is 3.95. The average molecular weight is 335 g/mol. The molecule has 2 amide bonds. The van der Waals surface area contributed by atoms with E-state index in [-0.39, 0.29) is 10.6 Å². The fraction of sp³-hybridized carbons (Fsp3) is 0.182. The standard InChI is InChI=1S/C11H8F3N3O2S2/c1-4-2-5(8(15)18)10(21-4)17-9(19)6-7(11(12,13)14)16-3-20-6/h2-3H,1H3,(H2,15,18)(H,17,19). The van der Waals surface area contributed by atoms with Crippen molar-refractivity contribution in [3.8, 4) is 0 Å². The van der Waals surface area contributed by atoms with Gasteiger partial charge in [0.1, 0.15) is 9.88 Å². The quantitative estimate of drug-likeness (QED) is 0.904. The third kappa shape index (κ3) is 3.22. The number of thiophene rings is 1. The Kier molecular flexibility index (Phi) is 4.01. The molecule has 0 aliphatic carbocycles.